The number of rotatable bonds is 7. The lowest BCUT2D eigenvalue weighted by molar-refractivity contribution is -0.134. The number of nitrogens with zero attached hydrogens (tertiary/aromatic N) is 2. The van der Waals surface area contributed by atoms with Crippen LogP contribution in [0.15, 0.2) is 53.4 Å². The summed E-state index contributed by atoms with van der Waals surface area (Å²) in [5.74, 6) is -0.240. The number of benzene rings is 2. The normalized spacial score (nSPS) is 16.4. The van der Waals surface area contributed by atoms with E-state index in [2.05, 4.69) is 16.5 Å². The number of halogens is 2. The van der Waals surface area contributed by atoms with E-state index in [0.717, 1.165) is 25.2 Å². The van der Waals surface area contributed by atoms with Crippen molar-refractivity contribution < 1.29 is 13.2 Å². The van der Waals surface area contributed by atoms with Gasteiger partial charge in [-0.1, -0.05) is 60.5 Å². The highest BCUT2D eigenvalue weighted by Gasteiger charge is 2.32. The largest absolute Gasteiger partial charge is 0.339 e. The summed E-state index contributed by atoms with van der Waals surface area (Å²) >= 11 is 12.1. The van der Waals surface area contributed by atoms with Gasteiger partial charge < -0.3 is 9.80 Å². The van der Waals surface area contributed by atoms with E-state index >= 15 is 0 Å². The molecule has 6 nitrogen and oxygen atoms in total. The van der Waals surface area contributed by atoms with Crippen LogP contribution in [0.4, 0.5) is 0 Å². The maximum Gasteiger partial charge on any atom is 0.242 e. The van der Waals surface area contributed by atoms with E-state index in [-0.39, 0.29) is 27.3 Å². The maximum atomic E-state index is 13.3. The smallest absolute Gasteiger partial charge is 0.242 e. The predicted molar refractivity (Wildman–Crippen MR) is 119 cm³/mol. The Labute approximate surface area is 187 Å². The molecule has 0 aliphatic carbocycles. The average Bonchev–Trinajstić information content (AvgIpc) is 2.75. The van der Waals surface area contributed by atoms with Crippen LogP contribution >= 0.6 is 23.2 Å². The van der Waals surface area contributed by atoms with Crippen LogP contribution in [-0.2, 0) is 21.2 Å². The summed E-state index contributed by atoms with van der Waals surface area (Å²) in [6, 6.07) is 12.6. The molecule has 1 amide bonds. The number of likely N-dealkylation sites (N-methyl/N-ethyl adjacent to an activating group) is 1. The molecule has 1 aliphatic heterocycles. The SMILES string of the molecule is CCN1CCN(C(=O)[C@H](Cc2ccccc2)NS(=O)(=O)c2cc(Cl)ccc2Cl)CC1. The van der Waals surface area contributed by atoms with Gasteiger partial charge in [-0.25, -0.2) is 8.42 Å². The molecule has 1 N–H and O–H groups in total. The van der Waals surface area contributed by atoms with Crippen molar-refractivity contribution in [2.24, 2.45) is 0 Å². The van der Waals surface area contributed by atoms with E-state index < -0.39 is 16.1 Å². The molecule has 162 valence electrons. The quantitative estimate of drug-likeness (QED) is 0.676. The molecule has 0 saturated carbocycles. The Morgan fingerprint density at radius 3 is 2.37 bits per heavy atom. The van der Waals surface area contributed by atoms with Gasteiger partial charge in [0.05, 0.1) is 5.02 Å². The van der Waals surface area contributed by atoms with Gasteiger partial charge in [0.1, 0.15) is 10.9 Å². The first-order valence-corrected chi connectivity index (χ1v) is 12.1. The van der Waals surface area contributed by atoms with E-state index in [9.17, 15) is 13.2 Å². The Bertz CT molecular complexity index is 978. The second kappa shape index (κ2) is 10.1. The van der Waals surface area contributed by atoms with Crippen LogP contribution in [0.1, 0.15) is 12.5 Å². The van der Waals surface area contributed by atoms with Crippen LogP contribution in [0.5, 0.6) is 0 Å². The van der Waals surface area contributed by atoms with Gasteiger partial charge in [-0.15, -0.1) is 0 Å². The van der Waals surface area contributed by atoms with Crippen molar-refractivity contribution in [2.75, 3.05) is 32.7 Å². The highest BCUT2D eigenvalue weighted by molar-refractivity contribution is 7.89. The minimum atomic E-state index is -4.06. The molecule has 0 aromatic heterocycles. The molecule has 1 fully saturated rings. The number of sulfonamides is 1. The molecule has 1 heterocycles. The number of carbonyl (C=O) groups is 1. The lowest BCUT2D eigenvalue weighted by Crippen LogP contribution is -2.55. The van der Waals surface area contributed by atoms with Gasteiger partial charge in [0, 0.05) is 31.2 Å². The van der Waals surface area contributed by atoms with Crippen molar-refractivity contribution in [3.63, 3.8) is 0 Å². The van der Waals surface area contributed by atoms with E-state index in [1.165, 1.54) is 18.2 Å². The highest BCUT2D eigenvalue weighted by Crippen LogP contribution is 2.25. The summed E-state index contributed by atoms with van der Waals surface area (Å²) < 4.78 is 28.7. The van der Waals surface area contributed by atoms with Gasteiger partial charge in [0.25, 0.3) is 0 Å². The summed E-state index contributed by atoms with van der Waals surface area (Å²) in [6.45, 7) is 5.68. The minimum Gasteiger partial charge on any atom is -0.339 e. The number of carbonyl (C=O) groups excluding carboxylic acids is 1. The summed E-state index contributed by atoms with van der Waals surface area (Å²) in [6.07, 6.45) is 0.241. The van der Waals surface area contributed by atoms with E-state index in [1.807, 2.05) is 30.3 Å². The van der Waals surface area contributed by atoms with E-state index in [0.29, 0.717) is 13.1 Å². The number of piperazine rings is 1. The van der Waals surface area contributed by atoms with Crippen LogP contribution in [-0.4, -0.2) is 62.9 Å². The van der Waals surface area contributed by atoms with Crippen LogP contribution in [0, 0.1) is 0 Å². The first-order valence-electron chi connectivity index (χ1n) is 9.82. The van der Waals surface area contributed by atoms with Gasteiger partial charge in [0.15, 0.2) is 0 Å². The van der Waals surface area contributed by atoms with Crippen LogP contribution < -0.4 is 4.72 Å². The molecule has 1 atom stereocenters. The molecule has 0 spiro atoms. The third-order valence-corrected chi connectivity index (χ3v) is 7.38. The molecule has 1 saturated heterocycles. The van der Waals surface area contributed by atoms with Gasteiger partial charge in [0.2, 0.25) is 15.9 Å². The van der Waals surface area contributed by atoms with Crippen molar-refractivity contribution in [1.82, 2.24) is 14.5 Å². The Morgan fingerprint density at radius 1 is 1.07 bits per heavy atom. The second-order valence-electron chi connectivity index (χ2n) is 7.20. The molecular weight excluding hydrogens is 445 g/mol. The Kier molecular flexibility index (Phi) is 7.76. The molecule has 9 heteroatoms. The molecule has 0 bridgehead atoms. The molecule has 0 radical (unpaired) electrons. The van der Waals surface area contributed by atoms with Crippen LogP contribution in [0.2, 0.25) is 10.0 Å². The monoisotopic (exact) mass is 469 g/mol. The molecule has 0 unspecified atom stereocenters. The molecule has 3 rings (SSSR count). The van der Waals surface area contributed by atoms with Crippen molar-refractivity contribution in [1.29, 1.82) is 0 Å². The molecule has 30 heavy (non-hydrogen) atoms. The topological polar surface area (TPSA) is 69.7 Å². The van der Waals surface area contributed by atoms with Gasteiger partial charge >= 0.3 is 0 Å². The maximum absolute atomic E-state index is 13.3. The van der Waals surface area contributed by atoms with Crippen molar-refractivity contribution in [3.8, 4) is 0 Å². The summed E-state index contributed by atoms with van der Waals surface area (Å²) in [5.41, 5.74) is 0.864. The van der Waals surface area contributed by atoms with Crippen LogP contribution in [0.25, 0.3) is 0 Å². The molecule has 2 aromatic rings. The minimum absolute atomic E-state index is 0.0503. The lowest BCUT2D eigenvalue weighted by atomic mass is 10.1. The zero-order valence-corrected chi connectivity index (χ0v) is 19.1. The zero-order chi connectivity index (χ0) is 21.7. The summed E-state index contributed by atoms with van der Waals surface area (Å²) in [4.78, 5) is 17.1. The Hall–Kier alpha value is -1.64. The Balaban J connectivity index is 1.85. The first kappa shape index (κ1) is 23.0. The van der Waals surface area contributed by atoms with Crippen molar-refractivity contribution in [3.05, 3.63) is 64.1 Å². The fourth-order valence-electron chi connectivity index (χ4n) is 3.47. The first-order chi connectivity index (χ1) is 14.3. The van der Waals surface area contributed by atoms with Gasteiger partial charge in [-0.05, 0) is 36.7 Å². The highest BCUT2D eigenvalue weighted by atomic mass is 35.5. The number of hydrogen-bond acceptors (Lipinski definition) is 4. The van der Waals surface area contributed by atoms with Crippen molar-refractivity contribution >= 4 is 39.1 Å². The fraction of sp³-hybridized carbons (Fsp3) is 0.381. The second-order valence-corrected chi connectivity index (χ2v) is 9.72. The summed E-state index contributed by atoms with van der Waals surface area (Å²) in [7, 11) is -4.06. The lowest BCUT2D eigenvalue weighted by Gasteiger charge is -2.36. The Morgan fingerprint density at radius 2 is 1.73 bits per heavy atom. The molecular formula is C21H25Cl2N3O3S. The molecule has 2 aromatic carbocycles. The number of nitrogens with one attached hydrogen (secondary N) is 1. The van der Waals surface area contributed by atoms with E-state index in [1.54, 1.807) is 4.90 Å². The number of hydrogen-bond donors (Lipinski definition) is 1. The summed E-state index contributed by atoms with van der Waals surface area (Å²) in [5, 5.41) is 0.302. The average molecular weight is 470 g/mol. The predicted octanol–water partition coefficient (Wildman–Crippen LogP) is 3.05. The fourth-order valence-corrected chi connectivity index (χ4v) is 5.42. The zero-order valence-electron chi connectivity index (χ0n) is 16.7. The molecule has 1 aliphatic rings. The van der Waals surface area contributed by atoms with Gasteiger partial charge in [-0.3, -0.25) is 4.79 Å². The third kappa shape index (κ3) is 5.74. The van der Waals surface area contributed by atoms with Crippen LogP contribution in [0.3, 0.4) is 0 Å². The standard InChI is InChI=1S/C21H25Cl2N3O3S/c1-2-25-10-12-26(13-11-25)21(27)19(14-16-6-4-3-5-7-16)24-30(28,29)20-15-17(22)8-9-18(20)23/h3-9,15,19,24H,2,10-14H2,1H3/t19-/m0/s1. The van der Waals surface area contributed by atoms with Gasteiger partial charge in [-0.2, -0.15) is 4.72 Å². The van der Waals surface area contributed by atoms with Crippen molar-refractivity contribution in [2.45, 2.75) is 24.3 Å². The van der Waals surface area contributed by atoms with E-state index in [4.69, 9.17) is 23.2 Å². The third-order valence-electron chi connectivity index (χ3n) is 5.19. The number of amides is 1.